The summed E-state index contributed by atoms with van der Waals surface area (Å²) >= 11 is 0. The van der Waals surface area contributed by atoms with Crippen molar-refractivity contribution in [2.24, 2.45) is 0 Å². The number of nitrogens with one attached hydrogen (secondary N) is 1. The maximum Gasteiger partial charge on any atom is 0.416 e. The van der Waals surface area contributed by atoms with Crippen molar-refractivity contribution in [1.29, 1.82) is 0 Å². The SMILES string of the molecule is CCCCNC(=O)c1ccc2c(c1)nc(COc1ccccc1OC)n2Cc1ccccc1C(F)(F)F. The Bertz CT molecular complexity index is 1380. The van der Waals surface area contributed by atoms with Crippen LogP contribution in [0.25, 0.3) is 11.0 Å². The first-order valence-electron chi connectivity index (χ1n) is 12.0. The summed E-state index contributed by atoms with van der Waals surface area (Å²) in [5, 5.41) is 2.87. The van der Waals surface area contributed by atoms with Crippen LogP contribution in [-0.2, 0) is 19.3 Å². The molecule has 1 heterocycles. The molecule has 0 fully saturated rings. The monoisotopic (exact) mass is 511 g/mol. The van der Waals surface area contributed by atoms with Gasteiger partial charge in [0.1, 0.15) is 12.4 Å². The van der Waals surface area contributed by atoms with Gasteiger partial charge >= 0.3 is 6.18 Å². The highest BCUT2D eigenvalue weighted by molar-refractivity contribution is 5.97. The van der Waals surface area contributed by atoms with E-state index in [-0.39, 0.29) is 24.6 Å². The lowest BCUT2D eigenvalue weighted by atomic mass is 10.1. The third kappa shape index (κ3) is 6.04. The first kappa shape index (κ1) is 26.1. The van der Waals surface area contributed by atoms with E-state index in [1.54, 1.807) is 47.0 Å². The van der Waals surface area contributed by atoms with Gasteiger partial charge in [-0.2, -0.15) is 13.2 Å². The molecule has 0 unspecified atom stereocenters. The zero-order valence-corrected chi connectivity index (χ0v) is 20.6. The summed E-state index contributed by atoms with van der Waals surface area (Å²) in [6.45, 7) is 2.52. The second kappa shape index (κ2) is 11.4. The lowest BCUT2D eigenvalue weighted by molar-refractivity contribution is -0.138. The van der Waals surface area contributed by atoms with E-state index in [4.69, 9.17) is 9.47 Å². The van der Waals surface area contributed by atoms with Gasteiger partial charge in [-0.1, -0.05) is 43.7 Å². The number of halogens is 3. The number of carbonyl (C=O) groups is 1. The number of hydrogen-bond acceptors (Lipinski definition) is 4. The van der Waals surface area contributed by atoms with E-state index in [1.165, 1.54) is 19.2 Å². The third-order valence-corrected chi connectivity index (χ3v) is 5.98. The van der Waals surface area contributed by atoms with Crippen LogP contribution in [0.4, 0.5) is 13.2 Å². The second-order valence-corrected chi connectivity index (χ2v) is 8.52. The van der Waals surface area contributed by atoms with Crippen molar-refractivity contribution in [3.05, 3.63) is 89.2 Å². The maximum atomic E-state index is 13.7. The Morgan fingerprint density at radius 1 is 1.03 bits per heavy atom. The van der Waals surface area contributed by atoms with Crippen LogP contribution in [0.1, 0.15) is 47.1 Å². The van der Waals surface area contributed by atoms with Crippen molar-refractivity contribution in [3.8, 4) is 11.5 Å². The number of unbranched alkanes of at least 4 members (excludes halogenated alkanes) is 1. The minimum atomic E-state index is -4.50. The molecule has 0 radical (unpaired) electrons. The molecule has 0 aliphatic carbocycles. The highest BCUT2D eigenvalue weighted by atomic mass is 19.4. The smallest absolute Gasteiger partial charge is 0.416 e. The Labute approximate surface area is 213 Å². The minimum Gasteiger partial charge on any atom is -0.493 e. The fraction of sp³-hybridized carbons (Fsp3) is 0.286. The molecule has 1 amide bonds. The molecule has 1 N–H and O–H groups in total. The number of ether oxygens (including phenoxy) is 2. The van der Waals surface area contributed by atoms with Crippen LogP contribution in [0.2, 0.25) is 0 Å². The fourth-order valence-corrected chi connectivity index (χ4v) is 4.07. The first-order chi connectivity index (χ1) is 17.8. The van der Waals surface area contributed by atoms with Crippen molar-refractivity contribution in [2.75, 3.05) is 13.7 Å². The molecule has 4 aromatic rings. The van der Waals surface area contributed by atoms with E-state index in [0.29, 0.717) is 40.5 Å². The molecular formula is C28H28F3N3O3. The number of para-hydroxylation sites is 2. The summed E-state index contributed by atoms with van der Waals surface area (Å²) in [5.74, 6) is 1.20. The van der Waals surface area contributed by atoms with Gasteiger partial charge < -0.3 is 19.4 Å². The predicted molar refractivity (Wildman–Crippen MR) is 135 cm³/mol. The standard InChI is InChI=1S/C28H28F3N3O3/c1-3-4-15-32-27(35)19-13-14-23-22(16-19)33-26(18-37-25-12-8-7-11-24(25)36-2)34(23)17-20-9-5-6-10-21(20)28(29,30)31/h5-14,16H,3-4,15,17-18H2,1-2H3,(H,32,35). The van der Waals surface area contributed by atoms with Crippen molar-refractivity contribution < 1.29 is 27.4 Å². The highest BCUT2D eigenvalue weighted by Gasteiger charge is 2.33. The molecule has 0 atom stereocenters. The molecule has 0 saturated carbocycles. The Morgan fingerprint density at radius 2 is 1.76 bits per heavy atom. The van der Waals surface area contributed by atoms with Gasteiger partial charge in [-0.25, -0.2) is 4.98 Å². The summed E-state index contributed by atoms with van der Waals surface area (Å²) < 4.78 is 54.1. The molecule has 9 heteroatoms. The lowest BCUT2D eigenvalue weighted by Gasteiger charge is -2.16. The Balaban J connectivity index is 1.72. The van der Waals surface area contributed by atoms with Crippen LogP contribution in [0.3, 0.4) is 0 Å². The average molecular weight is 512 g/mol. The van der Waals surface area contributed by atoms with E-state index in [0.717, 1.165) is 18.9 Å². The van der Waals surface area contributed by atoms with Crippen LogP contribution >= 0.6 is 0 Å². The van der Waals surface area contributed by atoms with E-state index in [1.807, 2.05) is 13.0 Å². The number of fused-ring (bicyclic) bond motifs is 1. The minimum absolute atomic E-state index is 0.0126. The number of amides is 1. The Morgan fingerprint density at radius 3 is 2.49 bits per heavy atom. The van der Waals surface area contributed by atoms with Crippen LogP contribution in [0.5, 0.6) is 11.5 Å². The summed E-state index contributed by atoms with van der Waals surface area (Å²) in [5.41, 5.74) is 0.919. The number of alkyl halides is 3. The normalized spacial score (nSPS) is 11.5. The number of nitrogens with zero attached hydrogens (tertiary/aromatic N) is 2. The molecule has 0 spiro atoms. The fourth-order valence-electron chi connectivity index (χ4n) is 4.07. The first-order valence-corrected chi connectivity index (χ1v) is 12.0. The number of methoxy groups -OCH3 is 1. The number of benzene rings is 3. The molecule has 194 valence electrons. The van der Waals surface area contributed by atoms with E-state index in [2.05, 4.69) is 10.3 Å². The molecule has 0 aliphatic heterocycles. The van der Waals surface area contributed by atoms with Crippen LogP contribution < -0.4 is 14.8 Å². The number of imidazole rings is 1. The van der Waals surface area contributed by atoms with Crippen molar-refractivity contribution >= 4 is 16.9 Å². The number of carbonyl (C=O) groups excluding carboxylic acids is 1. The van der Waals surface area contributed by atoms with Gasteiger partial charge in [0.05, 0.1) is 30.3 Å². The molecule has 0 saturated heterocycles. The average Bonchev–Trinajstić information content (AvgIpc) is 3.23. The molecular weight excluding hydrogens is 483 g/mol. The van der Waals surface area contributed by atoms with Gasteiger partial charge in [0.25, 0.3) is 5.91 Å². The van der Waals surface area contributed by atoms with Gasteiger partial charge in [0.15, 0.2) is 11.5 Å². The van der Waals surface area contributed by atoms with Crippen molar-refractivity contribution in [2.45, 2.75) is 39.1 Å². The molecule has 0 aliphatic rings. The molecule has 1 aromatic heterocycles. The second-order valence-electron chi connectivity index (χ2n) is 8.52. The third-order valence-electron chi connectivity index (χ3n) is 5.98. The van der Waals surface area contributed by atoms with Gasteiger partial charge in [-0.05, 0) is 48.4 Å². The Kier molecular flexibility index (Phi) is 8.01. The number of rotatable bonds is 10. The van der Waals surface area contributed by atoms with Crippen LogP contribution in [-0.4, -0.2) is 29.1 Å². The largest absolute Gasteiger partial charge is 0.493 e. The van der Waals surface area contributed by atoms with Gasteiger partial charge in [0.2, 0.25) is 0 Å². The van der Waals surface area contributed by atoms with Crippen molar-refractivity contribution in [3.63, 3.8) is 0 Å². The molecule has 6 nitrogen and oxygen atoms in total. The van der Waals surface area contributed by atoms with E-state index >= 15 is 0 Å². The molecule has 37 heavy (non-hydrogen) atoms. The number of aromatic nitrogens is 2. The predicted octanol–water partition coefficient (Wildman–Crippen LogP) is 6.22. The summed E-state index contributed by atoms with van der Waals surface area (Å²) in [7, 11) is 1.53. The van der Waals surface area contributed by atoms with E-state index < -0.39 is 11.7 Å². The Hall–Kier alpha value is -4.01. The molecule has 0 bridgehead atoms. The lowest BCUT2D eigenvalue weighted by Crippen LogP contribution is -2.24. The van der Waals surface area contributed by atoms with E-state index in [9.17, 15) is 18.0 Å². The zero-order chi connectivity index (χ0) is 26.4. The van der Waals surface area contributed by atoms with Crippen LogP contribution in [0, 0.1) is 0 Å². The van der Waals surface area contributed by atoms with Crippen molar-refractivity contribution in [1.82, 2.24) is 14.9 Å². The van der Waals surface area contributed by atoms with Gasteiger partial charge in [0, 0.05) is 12.1 Å². The quantitative estimate of drug-likeness (QED) is 0.257. The topological polar surface area (TPSA) is 65.4 Å². The highest BCUT2D eigenvalue weighted by Crippen LogP contribution is 2.33. The van der Waals surface area contributed by atoms with Gasteiger partial charge in [-0.3, -0.25) is 4.79 Å². The van der Waals surface area contributed by atoms with Gasteiger partial charge in [-0.15, -0.1) is 0 Å². The zero-order valence-electron chi connectivity index (χ0n) is 20.6. The summed E-state index contributed by atoms with van der Waals surface area (Å²) in [6, 6.07) is 17.6. The number of hydrogen-bond donors (Lipinski definition) is 1. The molecule has 4 rings (SSSR count). The maximum absolute atomic E-state index is 13.7. The summed E-state index contributed by atoms with van der Waals surface area (Å²) in [4.78, 5) is 17.2. The molecule has 3 aromatic carbocycles. The van der Waals surface area contributed by atoms with Crippen LogP contribution in [0.15, 0.2) is 66.7 Å². The summed E-state index contributed by atoms with van der Waals surface area (Å²) in [6.07, 6.45) is -2.67.